The van der Waals surface area contributed by atoms with E-state index in [1.165, 1.54) is 250 Å². The van der Waals surface area contributed by atoms with Gasteiger partial charge in [0.2, 0.25) is 0 Å². The minimum Gasteiger partial charge on any atom is -0.477 e. The van der Waals surface area contributed by atoms with Crippen molar-refractivity contribution in [1.82, 2.24) is 0 Å². The van der Waals surface area contributed by atoms with Crippen LogP contribution in [-0.2, 0) is 33.3 Å². The maximum atomic E-state index is 12.8. The molecule has 0 radical (unpaired) electrons. The van der Waals surface area contributed by atoms with Gasteiger partial charge in [-0.25, -0.2) is 4.79 Å². The second kappa shape index (κ2) is 55.3. The molecule has 0 aliphatic carbocycles. The molecule has 0 heterocycles. The highest BCUT2D eigenvalue weighted by atomic mass is 16.7. The van der Waals surface area contributed by atoms with E-state index in [4.69, 9.17) is 18.9 Å². The van der Waals surface area contributed by atoms with Crippen molar-refractivity contribution in [2.45, 2.75) is 328 Å². The Balaban J connectivity index is 3.80. The summed E-state index contributed by atoms with van der Waals surface area (Å²) < 4.78 is 22.8. The lowest BCUT2D eigenvalue weighted by atomic mass is 10.0. The van der Waals surface area contributed by atoms with Gasteiger partial charge in [0.25, 0.3) is 6.29 Å². The molecule has 0 fully saturated rings. The number of ether oxygens (including phenoxy) is 4. The maximum absolute atomic E-state index is 12.8. The Morgan fingerprint density at radius 2 is 0.708 bits per heavy atom. The molecular formula is C63H122NO8+. The first-order valence-corrected chi connectivity index (χ1v) is 31.4. The number of hydrogen-bond acceptors (Lipinski definition) is 7. The Labute approximate surface area is 446 Å². The van der Waals surface area contributed by atoms with E-state index in [2.05, 4.69) is 26.0 Å². The maximum Gasteiger partial charge on any atom is 0.361 e. The first-order valence-electron chi connectivity index (χ1n) is 31.4. The van der Waals surface area contributed by atoms with Crippen LogP contribution in [0.3, 0.4) is 0 Å². The van der Waals surface area contributed by atoms with E-state index >= 15 is 0 Å². The minimum atomic E-state index is -1.50. The third-order valence-corrected chi connectivity index (χ3v) is 14.3. The lowest BCUT2D eigenvalue weighted by Gasteiger charge is -2.25. The summed E-state index contributed by atoms with van der Waals surface area (Å²) in [6, 6.07) is 0. The molecule has 426 valence electrons. The molecule has 0 rings (SSSR count). The summed E-state index contributed by atoms with van der Waals surface area (Å²) in [5.41, 5.74) is 0. The van der Waals surface area contributed by atoms with E-state index in [9.17, 15) is 19.5 Å². The van der Waals surface area contributed by atoms with E-state index in [0.717, 1.165) is 38.5 Å². The highest BCUT2D eigenvalue weighted by Crippen LogP contribution is 2.18. The number of rotatable bonds is 59. The van der Waals surface area contributed by atoms with Crippen LogP contribution in [0.15, 0.2) is 12.2 Å². The summed E-state index contributed by atoms with van der Waals surface area (Å²) >= 11 is 0. The van der Waals surface area contributed by atoms with Crippen molar-refractivity contribution in [1.29, 1.82) is 0 Å². The Morgan fingerprint density at radius 3 is 1.03 bits per heavy atom. The molecule has 0 saturated carbocycles. The van der Waals surface area contributed by atoms with Crippen LogP contribution in [0.5, 0.6) is 0 Å². The number of nitrogens with zero attached hydrogens (tertiary/aromatic N) is 1. The Hall–Kier alpha value is -1.97. The predicted molar refractivity (Wildman–Crippen MR) is 305 cm³/mol. The molecule has 0 spiro atoms. The van der Waals surface area contributed by atoms with E-state index < -0.39 is 18.4 Å². The fourth-order valence-corrected chi connectivity index (χ4v) is 9.42. The van der Waals surface area contributed by atoms with Gasteiger partial charge in [-0.3, -0.25) is 9.59 Å². The number of likely N-dealkylation sites (N-methyl/N-ethyl adjacent to an activating group) is 1. The van der Waals surface area contributed by atoms with Crippen molar-refractivity contribution in [2.24, 2.45) is 0 Å². The van der Waals surface area contributed by atoms with Crippen LogP contribution in [0.1, 0.15) is 316 Å². The molecule has 2 unspecified atom stereocenters. The topological polar surface area (TPSA) is 108 Å². The van der Waals surface area contributed by atoms with E-state index in [1.807, 2.05) is 21.1 Å². The zero-order valence-electron chi connectivity index (χ0n) is 48.6. The Morgan fingerprint density at radius 1 is 0.403 bits per heavy atom. The zero-order valence-corrected chi connectivity index (χ0v) is 48.6. The van der Waals surface area contributed by atoms with Crippen LogP contribution in [0.25, 0.3) is 0 Å². The van der Waals surface area contributed by atoms with Crippen molar-refractivity contribution in [3.8, 4) is 0 Å². The van der Waals surface area contributed by atoms with Gasteiger partial charge >= 0.3 is 17.9 Å². The van der Waals surface area contributed by atoms with Crippen LogP contribution in [0.4, 0.5) is 0 Å². The fraction of sp³-hybridized carbons (Fsp3) is 0.921. The van der Waals surface area contributed by atoms with Gasteiger partial charge in [-0.05, 0) is 38.5 Å². The first kappa shape index (κ1) is 70.0. The molecule has 0 bridgehead atoms. The first-order chi connectivity index (χ1) is 35.1. The number of carbonyl (C=O) groups excluding carboxylic acids is 2. The van der Waals surface area contributed by atoms with E-state index in [0.29, 0.717) is 17.4 Å². The highest BCUT2D eigenvalue weighted by Gasteiger charge is 2.25. The van der Waals surface area contributed by atoms with Gasteiger partial charge in [-0.1, -0.05) is 276 Å². The second-order valence-electron chi connectivity index (χ2n) is 22.7. The van der Waals surface area contributed by atoms with Crippen LogP contribution < -0.4 is 0 Å². The van der Waals surface area contributed by atoms with E-state index in [1.54, 1.807) is 0 Å². The average molecular weight is 1020 g/mol. The van der Waals surface area contributed by atoms with Gasteiger partial charge in [-0.2, -0.15) is 0 Å². The molecule has 0 aromatic carbocycles. The fourth-order valence-electron chi connectivity index (χ4n) is 9.42. The molecule has 0 aliphatic rings. The lowest BCUT2D eigenvalue weighted by Crippen LogP contribution is -2.40. The molecule has 9 nitrogen and oxygen atoms in total. The van der Waals surface area contributed by atoms with Gasteiger partial charge in [0.1, 0.15) is 13.2 Å². The predicted octanol–water partition coefficient (Wildman–Crippen LogP) is 18.5. The normalized spacial score (nSPS) is 12.7. The summed E-state index contributed by atoms with van der Waals surface area (Å²) in [7, 11) is 5.97. The number of allylic oxidation sites excluding steroid dienone is 2. The summed E-state index contributed by atoms with van der Waals surface area (Å²) in [4.78, 5) is 37.1. The van der Waals surface area contributed by atoms with Gasteiger partial charge in [-0.15, -0.1) is 0 Å². The number of carboxylic acids is 1. The van der Waals surface area contributed by atoms with Crippen molar-refractivity contribution >= 4 is 17.9 Å². The third kappa shape index (κ3) is 55.8. The molecule has 0 aromatic rings. The Kier molecular flexibility index (Phi) is 53.8. The monoisotopic (exact) mass is 1020 g/mol. The summed E-state index contributed by atoms with van der Waals surface area (Å²) in [5, 5.41) is 9.66. The zero-order chi connectivity index (χ0) is 52.7. The van der Waals surface area contributed by atoms with Crippen molar-refractivity contribution < 1.29 is 42.9 Å². The van der Waals surface area contributed by atoms with Crippen molar-refractivity contribution in [3.05, 3.63) is 12.2 Å². The summed E-state index contributed by atoms with van der Waals surface area (Å²) in [6.45, 7) is 4.88. The van der Waals surface area contributed by atoms with Crippen LogP contribution in [0.2, 0.25) is 0 Å². The number of carbonyl (C=O) groups is 3. The highest BCUT2D eigenvalue weighted by molar-refractivity contribution is 5.71. The smallest absolute Gasteiger partial charge is 0.361 e. The molecule has 0 aromatic heterocycles. The van der Waals surface area contributed by atoms with Crippen LogP contribution in [-0.4, -0.2) is 87.4 Å². The molecule has 9 heteroatoms. The average Bonchev–Trinajstić information content (AvgIpc) is 3.35. The number of unbranched alkanes of at least 4 members (excludes halogenated alkanes) is 42. The van der Waals surface area contributed by atoms with Gasteiger partial charge < -0.3 is 28.5 Å². The molecular weight excluding hydrogens is 899 g/mol. The summed E-state index contributed by atoms with van der Waals surface area (Å²) in [5.74, 6) is -1.99. The molecule has 1 N–H and O–H groups in total. The minimum absolute atomic E-state index is 0.175. The molecule has 0 aliphatic heterocycles. The lowest BCUT2D eigenvalue weighted by molar-refractivity contribution is -0.870. The number of quaternary nitrogens is 1. The second-order valence-corrected chi connectivity index (χ2v) is 22.7. The van der Waals surface area contributed by atoms with Crippen molar-refractivity contribution in [3.63, 3.8) is 0 Å². The van der Waals surface area contributed by atoms with E-state index in [-0.39, 0.29) is 38.2 Å². The summed E-state index contributed by atoms with van der Waals surface area (Å²) in [6.07, 6.45) is 62.2. The molecule has 0 amide bonds. The number of hydrogen-bond donors (Lipinski definition) is 1. The van der Waals surface area contributed by atoms with Gasteiger partial charge in [0, 0.05) is 12.8 Å². The standard InChI is InChI=1S/C63H121NO8/c1-6-8-10-12-14-16-17-18-19-20-21-22-23-24-25-26-27-28-29-30-31-32-33-34-35-36-37-38-39-40-41-42-43-44-45-46-48-50-52-54-61(66)72-59(58-71-63(62(67)68)69-56-55-64(3,4)5)57-70-60(65)53-51-49-47-15-13-11-9-7-2/h20-21,59,63H,6-19,22-58H2,1-5H3/p+1/b21-20-. The van der Waals surface area contributed by atoms with Crippen molar-refractivity contribution in [2.75, 3.05) is 47.5 Å². The third-order valence-electron chi connectivity index (χ3n) is 14.3. The van der Waals surface area contributed by atoms with Gasteiger partial charge in [0.15, 0.2) is 6.10 Å². The molecule has 72 heavy (non-hydrogen) atoms. The number of esters is 2. The Bertz CT molecular complexity index is 1190. The molecule has 0 saturated heterocycles. The van der Waals surface area contributed by atoms with Crippen LogP contribution >= 0.6 is 0 Å². The SMILES string of the molecule is CCCCCCCCCC/C=C\CCCCCCCCCCCCCCCCCCCCCCCCCCCCCC(=O)OC(COC(=O)CCCCCCCCCC)COC(OCC[N+](C)(C)C)C(=O)O. The quantitative estimate of drug-likeness (QED) is 0.0211. The number of carboxylic acid groups (broad SMARTS) is 1. The van der Waals surface area contributed by atoms with Gasteiger partial charge in [0.05, 0.1) is 34.4 Å². The van der Waals surface area contributed by atoms with Crippen LogP contribution in [0, 0.1) is 0 Å². The number of aliphatic carboxylic acids is 1. The molecule has 2 atom stereocenters. The largest absolute Gasteiger partial charge is 0.477 e.